The van der Waals surface area contributed by atoms with Gasteiger partial charge >= 0.3 is 5.97 Å². The van der Waals surface area contributed by atoms with Crippen molar-refractivity contribution in [1.29, 1.82) is 0 Å². The van der Waals surface area contributed by atoms with Gasteiger partial charge in [0.1, 0.15) is 6.10 Å². The number of ether oxygens (including phenoxy) is 1. The van der Waals surface area contributed by atoms with Crippen molar-refractivity contribution in [2.75, 3.05) is 0 Å². The minimum Gasteiger partial charge on any atom is -0.461 e. The molecule has 1 saturated heterocycles. The van der Waals surface area contributed by atoms with Gasteiger partial charge in [0.05, 0.1) is 6.42 Å². The smallest absolute Gasteiger partial charge is 0.306 e. The Kier molecular flexibility index (Phi) is 2.91. The van der Waals surface area contributed by atoms with E-state index in [9.17, 15) is 9.59 Å². The number of allylic oxidation sites excluding steroid dienone is 1. The van der Waals surface area contributed by atoms with Crippen LogP contribution in [0.5, 0.6) is 0 Å². The summed E-state index contributed by atoms with van der Waals surface area (Å²) in [7, 11) is 0. The van der Waals surface area contributed by atoms with Crippen molar-refractivity contribution in [3.63, 3.8) is 0 Å². The second-order valence-electron chi connectivity index (χ2n) is 8.96. The van der Waals surface area contributed by atoms with Crippen molar-refractivity contribution < 1.29 is 14.3 Å². The third-order valence-electron chi connectivity index (χ3n) is 8.06. The fourth-order valence-corrected chi connectivity index (χ4v) is 7.14. The van der Waals surface area contributed by atoms with Gasteiger partial charge in [-0.05, 0) is 68.3 Å². The molecule has 0 spiro atoms. The third-order valence-corrected chi connectivity index (χ3v) is 8.06. The highest BCUT2D eigenvalue weighted by atomic mass is 16.6. The largest absolute Gasteiger partial charge is 0.461 e. The van der Waals surface area contributed by atoms with Crippen molar-refractivity contribution >= 4 is 11.8 Å². The lowest BCUT2D eigenvalue weighted by atomic mass is 9.52. The fourth-order valence-electron chi connectivity index (χ4n) is 7.14. The van der Waals surface area contributed by atoms with Crippen molar-refractivity contribution in [2.24, 2.45) is 35.0 Å². The maximum atomic E-state index is 11.7. The molecular weight excluding hydrogens is 288 g/mol. The van der Waals surface area contributed by atoms with E-state index in [0.717, 1.165) is 37.0 Å². The van der Waals surface area contributed by atoms with Gasteiger partial charge in [-0.1, -0.05) is 12.5 Å². The molecule has 0 aromatic rings. The van der Waals surface area contributed by atoms with Gasteiger partial charge in [0.25, 0.3) is 0 Å². The van der Waals surface area contributed by atoms with E-state index < -0.39 is 0 Å². The number of ketones is 1. The van der Waals surface area contributed by atoms with Crippen LogP contribution < -0.4 is 0 Å². The van der Waals surface area contributed by atoms with Gasteiger partial charge in [0.2, 0.25) is 0 Å². The summed E-state index contributed by atoms with van der Waals surface area (Å²) in [6.45, 7) is 2.40. The zero-order valence-corrected chi connectivity index (χ0v) is 13.9. The molecule has 1 aliphatic heterocycles. The highest BCUT2D eigenvalue weighted by molar-refractivity contribution is 5.91. The first-order chi connectivity index (χ1) is 11.1. The number of carbonyl (C=O) groups is 2. The van der Waals surface area contributed by atoms with Crippen LogP contribution in [0.4, 0.5) is 0 Å². The summed E-state index contributed by atoms with van der Waals surface area (Å²) in [4.78, 5) is 23.5. The third kappa shape index (κ3) is 1.88. The van der Waals surface area contributed by atoms with E-state index in [0.29, 0.717) is 24.0 Å². The van der Waals surface area contributed by atoms with Crippen LogP contribution in [-0.4, -0.2) is 17.9 Å². The number of rotatable bonds is 0. The van der Waals surface area contributed by atoms with Crippen LogP contribution in [0.25, 0.3) is 0 Å². The maximum absolute atomic E-state index is 11.7. The Morgan fingerprint density at radius 2 is 2.00 bits per heavy atom. The van der Waals surface area contributed by atoms with Crippen LogP contribution >= 0.6 is 0 Å². The van der Waals surface area contributed by atoms with Crippen LogP contribution in [0, 0.1) is 35.0 Å². The van der Waals surface area contributed by atoms with Gasteiger partial charge in [-0.3, -0.25) is 9.59 Å². The number of hydrogen-bond donors (Lipinski definition) is 0. The van der Waals surface area contributed by atoms with Crippen LogP contribution in [0.2, 0.25) is 0 Å². The Bertz CT molecular complexity index is 606. The highest BCUT2D eigenvalue weighted by Crippen LogP contribution is 2.65. The minimum atomic E-state index is 0.0291. The second kappa shape index (κ2) is 4.70. The molecule has 0 radical (unpaired) electrons. The Balaban J connectivity index is 1.45. The molecule has 23 heavy (non-hydrogen) atoms. The molecule has 0 aromatic heterocycles. The van der Waals surface area contributed by atoms with Gasteiger partial charge in [0.15, 0.2) is 5.78 Å². The van der Waals surface area contributed by atoms with E-state index in [-0.39, 0.29) is 17.5 Å². The molecule has 0 N–H and O–H groups in total. The SMILES string of the molecule is C[C@]12CC[C@H]3[C@H](CCC4=CC(=O)CC[C@H]43)[C@@H]1C[C@H]1CC(=O)O[C@@H]12. The van der Waals surface area contributed by atoms with Crippen molar-refractivity contribution in [1.82, 2.24) is 0 Å². The molecule has 0 aromatic carbocycles. The summed E-state index contributed by atoms with van der Waals surface area (Å²) in [5.74, 6) is 3.80. The predicted molar refractivity (Wildman–Crippen MR) is 85.5 cm³/mol. The standard InChI is InChI=1S/C20H26O3/c1-20-7-6-15-14-5-3-13(21)8-11(14)2-4-16(15)17(20)9-12-10-18(22)23-19(12)20/h8,12,14-17,19H,2-7,9-10H2,1H3/t12-,14+,15+,16-,17-,19-,20-/m0/s1. The van der Waals surface area contributed by atoms with E-state index >= 15 is 0 Å². The van der Waals surface area contributed by atoms with E-state index in [1.165, 1.54) is 31.3 Å². The van der Waals surface area contributed by atoms with Crippen molar-refractivity contribution in [2.45, 2.75) is 64.4 Å². The molecule has 5 rings (SSSR count). The lowest BCUT2D eigenvalue weighted by Crippen LogP contribution is -2.48. The first-order valence-electron chi connectivity index (χ1n) is 9.49. The summed E-state index contributed by atoms with van der Waals surface area (Å²) in [5.41, 5.74) is 1.67. The normalized spacial score (nSPS) is 51.3. The minimum absolute atomic E-state index is 0.0291. The van der Waals surface area contributed by atoms with Crippen molar-refractivity contribution in [3.8, 4) is 0 Å². The molecule has 4 fully saturated rings. The summed E-state index contributed by atoms with van der Waals surface area (Å²) < 4.78 is 5.76. The summed E-state index contributed by atoms with van der Waals surface area (Å²) in [5, 5.41) is 0. The Morgan fingerprint density at radius 1 is 1.13 bits per heavy atom. The summed E-state index contributed by atoms with van der Waals surface area (Å²) >= 11 is 0. The number of fused-ring (bicyclic) bond motifs is 7. The average Bonchev–Trinajstić information content (AvgIpc) is 3.02. The van der Waals surface area contributed by atoms with Gasteiger partial charge in [-0.15, -0.1) is 0 Å². The van der Waals surface area contributed by atoms with Gasteiger partial charge < -0.3 is 4.74 Å². The summed E-state index contributed by atoms with van der Waals surface area (Å²) in [6.07, 6.45) is 10.7. The molecule has 1 heterocycles. The lowest BCUT2D eigenvalue weighted by molar-refractivity contribution is -0.150. The van der Waals surface area contributed by atoms with Crippen LogP contribution in [0.3, 0.4) is 0 Å². The van der Waals surface area contributed by atoms with Crippen molar-refractivity contribution in [3.05, 3.63) is 11.6 Å². The monoisotopic (exact) mass is 314 g/mol. The van der Waals surface area contributed by atoms with Gasteiger partial charge in [-0.2, -0.15) is 0 Å². The lowest BCUT2D eigenvalue weighted by Gasteiger charge is -2.53. The average molecular weight is 314 g/mol. The number of hydrogen-bond acceptors (Lipinski definition) is 3. The Labute approximate surface area is 137 Å². The molecule has 5 aliphatic rings. The molecule has 3 nitrogen and oxygen atoms in total. The van der Waals surface area contributed by atoms with Crippen LogP contribution in [0.15, 0.2) is 11.6 Å². The molecule has 3 heteroatoms. The quantitative estimate of drug-likeness (QED) is 0.641. The molecule has 4 aliphatic carbocycles. The topological polar surface area (TPSA) is 43.4 Å². The van der Waals surface area contributed by atoms with Gasteiger partial charge in [0, 0.05) is 17.8 Å². The zero-order chi connectivity index (χ0) is 15.8. The highest BCUT2D eigenvalue weighted by Gasteiger charge is 2.62. The van der Waals surface area contributed by atoms with E-state index in [2.05, 4.69) is 6.92 Å². The molecule has 3 saturated carbocycles. The van der Waals surface area contributed by atoms with E-state index in [1.807, 2.05) is 6.08 Å². The fraction of sp³-hybridized carbons (Fsp3) is 0.800. The zero-order valence-electron chi connectivity index (χ0n) is 13.9. The predicted octanol–water partition coefficient (Wildman–Crippen LogP) is 3.67. The Morgan fingerprint density at radius 3 is 2.87 bits per heavy atom. The van der Waals surface area contributed by atoms with Crippen LogP contribution in [0.1, 0.15) is 58.3 Å². The molecule has 0 bridgehead atoms. The maximum Gasteiger partial charge on any atom is 0.306 e. The van der Waals surface area contributed by atoms with E-state index in [4.69, 9.17) is 4.74 Å². The number of esters is 1. The van der Waals surface area contributed by atoms with Gasteiger partial charge in [-0.25, -0.2) is 0 Å². The Hall–Kier alpha value is -1.12. The molecule has 0 unspecified atom stereocenters. The number of carbonyl (C=O) groups excluding carboxylic acids is 2. The van der Waals surface area contributed by atoms with E-state index in [1.54, 1.807) is 0 Å². The molecular formula is C20H26O3. The molecule has 0 amide bonds. The molecule has 7 atom stereocenters. The first-order valence-corrected chi connectivity index (χ1v) is 9.49. The first kappa shape index (κ1) is 14.2. The second-order valence-corrected chi connectivity index (χ2v) is 8.96. The molecule has 124 valence electrons. The summed E-state index contributed by atoms with van der Waals surface area (Å²) in [6, 6.07) is 0. The van der Waals surface area contributed by atoms with Crippen LogP contribution in [-0.2, 0) is 14.3 Å².